The molecule has 5 rings (SSSR count). The minimum absolute atomic E-state index is 0.00892. The predicted octanol–water partition coefficient (Wildman–Crippen LogP) is 3.64. The summed E-state index contributed by atoms with van der Waals surface area (Å²) in [5.41, 5.74) is 3.96. The van der Waals surface area contributed by atoms with Crippen LogP contribution in [-0.4, -0.2) is 55.7 Å². The van der Waals surface area contributed by atoms with E-state index < -0.39 is 10.0 Å². The van der Waals surface area contributed by atoms with Crippen molar-refractivity contribution in [2.75, 3.05) is 32.8 Å². The normalized spacial score (nSPS) is 19.9. The molecule has 1 fully saturated rings. The standard InChI is InChI=1S/C26H31ClN4O3S/c1-30-17-26(28-18-30)35(32,33)29-8-11-34-23-7-6-20-14-21(16-31-9-3-10-31)24(25(20)15-23)13-19-4-2-5-22(27)12-19/h2,4-7,12,15,17-18,21,24,29H,3,8-11,13-14,16H2,1H3. The van der Waals surface area contributed by atoms with Gasteiger partial charge in [-0.3, -0.25) is 0 Å². The number of sulfonamides is 1. The summed E-state index contributed by atoms with van der Waals surface area (Å²) in [7, 11) is -1.91. The Balaban J connectivity index is 1.26. The third kappa shape index (κ3) is 5.72. The zero-order valence-corrected chi connectivity index (χ0v) is 21.4. The zero-order valence-electron chi connectivity index (χ0n) is 19.9. The summed E-state index contributed by atoms with van der Waals surface area (Å²) in [5.74, 6) is 1.72. The molecule has 35 heavy (non-hydrogen) atoms. The molecule has 0 amide bonds. The SMILES string of the molecule is Cn1cnc(S(=O)(=O)NCCOc2ccc3c(c2)C(Cc2cccc(Cl)c2)C(CN2CCC2)C3)c1. The number of aryl methyl sites for hydroxylation is 1. The van der Waals surface area contributed by atoms with Crippen molar-refractivity contribution in [3.8, 4) is 5.75 Å². The van der Waals surface area contributed by atoms with Gasteiger partial charge in [0.05, 0.1) is 6.33 Å². The van der Waals surface area contributed by atoms with Gasteiger partial charge in [0, 0.05) is 31.4 Å². The number of hydrogen-bond acceptors (Lipinski definition) is 5. The molecule has 2 heterocycles. The van der Waals surface area contributed by atoms with Crippen molar-refractivity contribution in [2.24, 2.45) is 13.0 Å². The van der Waals surface area contributed by atoms with E-state index in [0.29, 0.717) is 11.8 Å². The van der Waals surface area contributed by atoms with E-state index in [9.17, 15) is 8.42 Å². The first-order chi connectivity index (χ1) is 16.9. The summed E-state index contributed by atoms with van der Waals surface area (Å²) in [5, 5.41) is 0.778. The van der Waals surface area contributed by atoms with Gasteiger partial charge >= 0.3 is 0 Å². The van der Waals surface area contributed by atoms with Crippen LogP contribution in [-0.2, 0) is 29.9 Å². The molecule has 1 aliphatic carbocycles. The number of imidazole rings is 1. The van der Waals surface area contributed by atoms with Gasteiger partial charge in [-0.05, 0) is 85.1 Å². The van der Waals surface area contributed by atoms with E-state index in [-0.39, 0.29) is 18.2 Å². The number of fused-ring (bicyclic) bond motifs is 1. The maximum absolute atomic E-state index is 12.3. The van der Waals surface area contributed by atoms with Crippen molar-refractivity contribution < 1.29 is 13.2 Å². The molecule has 1 N–H and O–H groups in total. The number of nitrogens with one attached hydrogen (secondary N) is 1. The molecule has 1 aliphatic heterocycles. The van der Waals surface area contributed by atoms with Crippen LogP contribution in [0.2, 0.25) is 5.02 Å². The van der Waals surface area contributed by atoms with Gasteiger partial charge in [0.15, 0.2) is 5.03 Å². The van der Waals surface area contributed by atoms with Gasteiger partial charge in [-0.2, -0.15) is 0 Å². The number of benzene rings is 2. The van der Waals surface area contributed by atoms with Crippen molar-refractivity contribution >= 4 is 21.6 Å². The van der Waals surface area contributed by atoms with E-state index >= 15 is 0 Å². The first-order valence-electron chi connectivity index (χ1n) is 12.1. The van der Waals surface area contributed by atoms with Gasteiger partial charge in [-0.15, -0.1) is 0 Å². The van der Waals surface area contributed by atoms with Crippen LogP contribution in [0.25, 0.3) is 0 Å². The van der Waals surface area contributed by atoms with Gasteiger partial charge in [0.25, 0.3) is 10.0 Å². The highest BCUT2D eigenvalue weighted by Gasteiger charge is 2.35. The highest BCUT2D eigenvalue weighted by atomic mass is 35.5. The number of hydrogen-bond donors (Lipinski definition) is 1. The van der Waals surface area contributed by atoms with Crippen LogP contribution in [0.4, 0.5) is 0 Å². The Hall–Kier alpha value is -2.39. The minimum atomic E-state index is -3.64. The van der Waals surface area contributed by atoms with E-state index in [1.807, 2.05) is 18.2 Å². The molecule has 0 radical (unpaired) electrons. The van der Waals surface area contributed by atoms with Crippen LogP contribution in [0.1, 0.15) is 29.0 Å². The second-order valence-corrected chi connectivity index (χ2v) is 11.7. The molecule has 2 aromatic carbocycles. The summed E-state index contributed by atoms with van der Waals surface area (Å²) in [6, 6.07) is 14.5. The smallest absolute Gasteiger partial charge is 0.259 e. The predicted molar refractivity (Wildman–Crippen MR) is 136 cm³/mol. The summed E-state index contributed by atoms with van der Waals surface area (Å²) < 4.78 is 34.8. The minimum Gasteiger partial charge on any atom is -0.492 e. The lowest BCUT2D eigenvalue weighted by atomic mass is 9.86. The third-order valence-electron chi connectivity index (χ3n) is 6.97. The molecule has 2 atom stereocenters. The second kappa shape index (κ2) is 10.3. The molecule has 0 bridgehead atoms. The van der Waals surface area contributed by atoms with Crippen LogP contribution >= 0.6 is 11.6 Å². The Bertz CT molecular complexity index is 1290. The molecule has 1 saturated heterocycles. The molecule has 2 aliphatic rings. The number of nitrogens with zero attached hydrogens (tertiary/aromatic N) is 3. The lowest BCUT2D eigenvalue weighted by Gasteiger charge is -2.35. The lowest BCUT2D eigenvalue weighted by Crippen LogP contribution is -2.41. The van der Waals surface area contributed by atoms with Crippen molar-refractivity contribution in [1.82, 2.24) is 19.2 Å². The molecule has 7 nitrogen and oxygen atoms in total. The molecular weight excluding hydrogens is 484 g/mol. The van der Waals surface area contributed by atoms with E-state index in [1.54, 1.807) is 11.6 Å². The highest BCUT2D eigenvalue weighted by Crippen LogP contribution is 2.42. The monoisotopic (exact) mass is 514 g/mol. The van der Waals surface area contributed by atoms with Gasteiger partial charge in [-0.25, -0.2) is 18.1 Å². The van der Waals surface area contributed by atoms with Crippen molar-refractivity contribution in [3.63, 3.8) is 0 Å². The van der Waals surface area contributed by atoms with Crippen molar-refractivity contribution in [3.05, 3.63) is 76.7 Å². The summed E-state index contributed by atoms with van der Waals surface area (Å²) in [4.78, 5) is 6.46. The Kier molecular flexibility index (Phi) is 7.16. The number of rotatable bonds is 10. The maximum Gasteiger partial charge on any atom is 0.259 e. The Labute approximate surface area is 212 Å². The van der Waals surface area contributed by atoms with E-state index in [2.05, 4.69) is 38.9 Å². The maximum atomic E-state index is 12.3. The van der Waals surface area contributed by atoms with Crippen molar-refractivity contribution in [1.29, 1.82) is 0 Å². The van der Waals surface area contributed by atoms with E-state index in [1.165, 1.54) is 48.7 Å². The summed E-state index contributed by atoms with van der Waals surface area (Å²) in [6.07, 6.45) is 6.24. The van der Waals surface area contributed by atoms with Gasteiger partial charge in [0.2, 0.25) is 0 Å². The van der Waals surface area contributed by atoms with Crippen LogP contribution < -0.4 is 9.46 Å². The average molecular weight is 515 g/mol. The van der Waals surface area contributed by atoms with E-state index in [4.69, 9.17) is 16.3 Å². The van der Waals surface area contributed by atoms with Gasteiger partial charge in [-0.1, -0.05) is 29.8 Å². The third-order valence-corrected chi connectivity index (χ3v) is 8.55. The number of halogens is 1. The first kappa shape index (κ1) is 24.3. The number of likely N-dealkylation sites (tertiary alicyclic amines) is 1. The molecular formula is C26H31ClN4O3S. The number of ether oxygens (including phenoxy) is 1. The summed E-state index contributed by atoms with van der Waals surface area (Å²) >= 11 is 6.27. The largest absolute Gasteiger partial charge is 0.492 e. The summed E-state index contributed by atoms with van der Waals surface area (Å²) in [6.45, 7) is 3.91. The molecule has 0 spiro atoms. The fraction of sp³-hybridized carbons (Fsp3) is 0.423. The highest BCUT2D eigenvalue weighted by molar-refractivity contribution is 7.89. The van der Waals surface area contributed by atoms with Gasteiger partial charge in [0.1, 0.15) is 12.4 Å². The molecule has 9 heteroatoms. The lowest BCUT2D eigenvalue weighted by molar-refractivity contribution is 0.145. The molecule has 1 aromatic heterocycles. The van der Waals surface area contributed by atoms with Crippen LogP contribution in [0.3, 0.4) is 0 Å². The van der Waals surface area contributed by atoms with Crippen LogP contribution in [0.15, 0.2) is 60.0 Å². The first-order valence-corrected chi connectivity index (χ1v) is 13.9. The molecule has 3 aromatic rings. The van der Waals surface area contributed by atoms with Crippen molar-refractivity contribution in [2.45, 2.75) is 30.2 Å². The molecule has 2 unspecified atom stereocenters. The zero-order chi connectivity index (χ0) is 24.4. The quantitative estimate of drug-likeness (QED) is 0.418. The second-order valence-electron chi connectivity index (χ2n) is 9.54. The van der Waals surface area contributed by atoms with Crippen LogP contribution in [0.5, 0.6) is 5.75 Å². The topological polar surface area (TPSA) is 76.5 Å². The Morgan fingerprint density at radius 2 is 2.06 bits per heavy atom. The Morgan fingerprint density at radius 3 is 2.77 bits per heavy atom. The molecule has 186 valence electrons. The Morgan fingerprint density at radius 1 is 1.20 bits per heavy atom. The van der Waals surface area contributed by atoms with E-state index in [0.717, 1.165) is 30.2 Å². The van der Waals surface area contributed by atoms with Gasteiger partial charge < -0.3 is 14.2 Å². The average Bonchev–Trinajstić information content (AvgIpc) is 3.38. The van der Waals surface area contributed by atoms with Crippen LogP contribution in [0, 0.1) is 5.92 Å². The fourth-order valence-corrected chi connectivity index (χ4v) is 6.30. The molecule has 0 saturated carbocycles. The fourth-order valence-electron chi connectivity index (χ4n) is 5.10. The number of aromatic nitrogens is 2.